The molecular formula is C16H30N2O5. The minimum Gasteiger partial charge on any atom is -0.458 e. The monoisotopic (exact) mass is 330 g/mol. The first kappa shape index (κ1) is 21.2. The molecule has 0 aromatic carbocycles. The van der Waals surface area contributed by atoms with Crippen LogP contribution in [0.4, 0.5) is 4.79 Å². The zero-order valence-corrected chi connectivity index (χ0v) is 15.5. The van der Waals surface area contributed by atoms with Crippen molar-refractivity contribution in [2.45, 2.75) is 72.1 Å². The van der Waals surface area contributed by atoms with Crippen LogP contribution in [0.1, 0.15) is 54.9 Å². The molecule has 0 fully saturated rings. The number of hydrogen-bond acceptors (Lipinski definition) is 5. The Bertz CT molecular complexity index is 435. The highest BCUT2D eigenvalue weighted by Crippen LogP contribution is 2.10. The smallest absolute Gasteiger partial charge is 0.410 e. The van der Waals surface area contributed by atoms with Gasteiger partial charge >= 0.3 is 12.1 Å². The number of hydrogen-bond donors (Lipinski definition) is 1. The van der Waals surface area contributed by atoms with E-state index in [1.54, 1.807) is 48.5 Å². The second kappa shape index (κ2) is 8.17. The van der Waals surface area contributed by atoms with E-state index in [-0.39, 0.29) is 6.54 Å². The molecule has 7 nitrogen and oxygen atoms in total. The Labute approximate surface area is 138 Å². The molecule has 0 radical (unpaired) electrons. The normalized spacial score (nSPS) is 13.0. The summed E-state index contributed by atoms with van der Waals surface area (Å²) in [6, 6.07) is -0.742. The van der Waals surface area contributed by atoms with Crippen molar-refractivity contribution >= 4 is 18.0 Å². The van der Waals surface area contributed by atoms with Gasteiger partial charge in [0.1, 0.15) is 23.8 Å². The molecule has 0 aromatic heterocycles. The summed E-state index contributed by atoms with van der Waals surface area (Å²) in [6.45, 7) is 12.1. The number of likely N-dealkylation sites (N-methyl/N-ethyl adjacent to an activating group) is 1. The van der Waals surface area contributed by atoms with Gasteiger partial charge in [0.15, 0.2) is 0 Å². The molecule has 0 aromatic rings. The second-order valence-corrected chi connectivity index (χ2v) is 7.40. The molecule has 134 valence electrons. The fourth-order valence-corrected chi connectivity index (χ4v) is 1.56. The first-order chi connectivity index (χ1) is 10.2. The lowest BCUT2D eigenvalue weighted by molar-refractivity contribution is -0.158. The van der Waals surface area contributed by atoms with Crippen LogP contribution in [0.2, 0.25) is 0 Å². The number of nitrogens with one attached hydrogen (secondary N) is 1. The van der Waals surface area contributed by atoms with Gasteiger partial charge in [-0.05, 0) is 48.0 Å². The molecule has 0 aliphatic carbocycles. The topological polar surface area (TPSA) is 84.9 Å². The molecule has 0 spiro atoms. The van der Waals surface area contributed by atoms with E-state index >= 15 is 0 Å². The zero-order chi connectivity index (χ0) is 18.4. The Kier molecular flexibility index (Phi) is 7.54. The summed E-state index contributed by atoms with van der Waals surface area (Å²) >= 11 is 0. The largest absolute Gasteiger partial charge is 0.458 e. The van der Waals surface area contributed by atoms with Gasteiger partial charge in [0.05, 0.1) is 0 Å². The minimum absolute atomic E-state index is 0.200. The summed E-state index contributed by atoms with van der Waals surface area (Å²) < 4.78 is 10.4. The summed E-state index contributed by atoms with van der Waals surface area (Å²) in [5.74, 6) is -0.940. The summed E-state index contributed by atoms with van der Waals surface area (Å²) in [7, 11) is 1.46. The average molecular weight is 330 g/mol. The molecule has 0 aliphatic rings. The quantitative estimate of drug-likeness (QED) is 0.780. The van der Waals surface area contributed by atoms with Gasteiger partial charge < -0.3 is 19.7 Å². The van der Waals surface area contributed by atoms with Crippen LogP contribution < -0.4 is 5.32 Å². The zero-order valence-electron chi connectivity index (χ0n) is 15.5. The van der Waals surface area contributed by atoms with Crippen molar-refractivity contribution in [1.82, 2.24) is 10.2 Å². The van der Waals surface area contributed by atoms with Gasteiger partial charge in [-0.3, -0.25) is 4.79 Å². The van der Waals surface area contributed by atoms with E-state index in [4.69, 9.17) is 9.47 Å². The average Bonchev–Trinajstić information content (AvgIpc) is 2.31. The maximum atomic E-state index is 12.0. The van der Waals surface area contributed by atoms with Crippen LogP contribution >= 0.6 is 0 Å². The Morgan fingerprint density at radius 2 is 1.48 bits per heavy atom. The van der Waals surface area contributed by atoms with Gasteiger partial charge in [0.2, 0.25) is 5.91 Å². The number of ether oxygens (including phenoxy) is 2. The van der Waals surface area contributed by atoms with E-state index in [1.807, 2.05) is 0 Å². The van der Waals surface area contributed by atoms with E-state index < -0.39 is 35.2 Å². The van der Waals surface area contributed by atoms with Crippen molar-refractivity contribution in [3.05, 3.63) is 0 Å². The first-order valence-electron chi connectivity index (χ1n) is 7.71. The van der Waals surface area contributed by atoms with Crippen molar-refractivity contribution in [2.24, 2.45) is 0 Å². The standard InChI is InChI=1S/C16H30N2O5/c1-9-11(13(20)22-15(2,3)4)17-12(19)10-18(8)14(21)23-16(5,6)7/h11H,9-10H2,1-8H3,(H,17,19)/t11-/m0/s1. The molecule has 0 bridgehead atoms. The third kappa shape index (κ3) is 9.76. The highest BCUT2D eigenvalue weighted by Gasteiger charge is 2.26. The lowest BCUT2D eigenvalue weighted by atomic mass is 10.1. The number of amides is 2. The van der Waals surface area contributed by atoms with Gasteiger partial charge in [-0.15, -0.1) is 0 Å². The molecule has 1 N–H and O–H groups in total. The maximum Gasteiger partial charge on any atom is 0.410 e. The van der Waals surface area contributed by atoms with Crippen molar-refractivity contribution < 1.29 is 23.9 Å². The number of carbonyl (C=O) groups excluding carboxylic acids is 3. The fraction of sp³-hybridized carbons (Fsp3) is 0.812. The van der Waals surface area contributed by atoms with Crippen LogP contribution in [0.3, 0.4) is 0 Å². The van der Waals surface area contributed by atoms with Crippen molar-refractivity contribution in [2.75, 3.05) is 13.6 Å². The van der Waals surface area contributed by atoms with E-state index in [0.29, 0.717) is 6.42 Å². The number of esters is 1. The molecule has 23 heavy (non-hydrogen) atoms. The van der Waals surface area contributed by atoms with E-state index in [1.165, 1.54) is 7.05 Å². The lowest BCUT2D eigenvalue weighted by Crippen LogP contribution is -2.48. The molecule has 0 aliphatic heterocycles. The summed E-state index contributed by atoms with van der Waals surface area (Å²) in [5.41, 5.74) is -1.26. The van der Waals surface area contributed by atoms with Gasteiger partial charge in [-0.1, -0.05) is 6.92 Å². The van der Waals surface area contributed by atoms with Gasteiger partial charge in [-0.2, -0.15) is 0 Å². The number of rotatable bonds is 5. The molecule has 0 unspecified atom stereocenters. The minimum atomic E-state index is -0.742. The third-order valence-corrected chi connectivity index (χ3v) is 2.52. The number of carbonyl (C=O) groups is 3. The van der Waals surface area contributed by atoms with Crippen LogP contribution in [0.25, 0.3) is 0 Å². The van der Waals surface area contributed by atoms with Crippen LogP contribution in [0.5, 0.6) is 0 Å². The first-order valence-corrected chi connectivity index (χ1v) is 7.71. The molecule has 1 atom stereocenters. The molecule has 0 saturated carbocycles. The third-order valence-electron chi connectivity index (χ3n) is 2.52. The second-order valence-electron chi connectivity index (χ2n) is 7.40. The van der Waals surface area contributed by atoms with Crippen molar-refractivity contribution in [3.63, 3.8) is 0 Å². The predicted molar refractivity (Wildman–Crippen MR) is 86.9 cm³/mol. The summed E-state index contributed by atoms with van der Waals surface area (Å²) in [5, 5.41) is 2.57. The highest BCUT2D eigenvalue weighted by atomic mass is 16.6. The fourth-order valence-electron chi connectivity index (χ4n) is 1.56. The summed E-state index contributed by atoms with van der Waals surface area (Å²) in [6.07, 6.45) is -0.199. The SMILES string of the molecule is CC[C@H](NC(=O)CN(C)C(=O)OC(C)(C)C)C(=O)OC(C)(C)C. The molecule has 7 heteroatoms. The Balaban J connectivity index is 4.56. The van der Waals surface area contributed by atoms with Gasteiger partial charge in [-0.25, -0.2) is 9.59 Å². The molecule has 0 rings (SSSR count). The highest BCUT2D eigenvalue weighted by molar-refractivity contribution is 5.87. The van der Waals surface area contributed by atoms with Crippen LogP contribution in [-0.2, 0) is 19.1 Å². The molecule has 2 amide bonds. The van der Waals surface area contributed by atoms with Crippen LogP contribution in [-0.4, -0.2) is 53.7 Å². The number of nitrogens with zero attached hydrogens (tertiary/aromatic N) is 1. The summed E-state index contributed by atoms with van der Waals surface area (Å²) in [4.78, 5) is 36.9. The van der Waals surface area contributed by atoms with E-state index in [2.05, 4.69) is 5.32 Å². The lowest BCUT2D eigenvalue weighted by Gasteiger charge is -2.26. The van der Waals surface area contributed by atoms with Crippen LogP contribution in [0, 0.1) is 0 Å². The molecule has 0 saturated heterocycles. The maximum absolute atomic E-state index is 12.0. The van der Waals surface area contributed by atoms with E-state index in [0.717, 1.165) is 4.90 Å². The predicted octanol–water partition coefficient (Wildman–Crippen LogP) is 2.09. The Morgan fingerprint density at radius 1 is 1.00 bits per heavy atom. The molecular weight excluding hydrogens is 300 g/mol. The molecule has 0 heterocycles. The van der Waals surface area contributed by atoms with Gasteiger partial charge in [0, 0.05) is 7.05 Å². The Hall–Kier alpha value is -1.79. The van der Waals surface area contributed by atoms with Crippen LogP contribution in [0.15, 0.2) is 0 Å². The Morgan fingerprint density at radius 3 is 1.87 bits per heavy atom. The van der Waals surface area contributed by atoms with E-state index in [9.17, 15) is 14.4 Å². The van der Waals surface area contributed by atoms with Gasteiger partial charge in [0.25, 0.3) is 0 Å². The van der Waals surface area contributed by atoms with Crippen molar-refractivity contribution in [1.29, 1.82) is 0 Å². The van der Waals surface area contributed by atoms with Crippen molar-refractivity contribution in [3.8, 4) is 0 Å².